The average Bonchev–Trinajstić information content (AvgIpc) is 3.15. The summed E-state index contributed by atoms with van der Waals surface area (Å²) in [5.74, 6) is -0.997. The Hall–Kier alpha value is -3.21. The van der Waals surface area contributed by atoms with E-state index in [0.29, 0.717) is 45.4 Å². The highest BCUT2D eigenvalue weighted by Crippen LogP contribution is 2.43. The molecule has 0 radical (unpaired) electrons. The van der Waals surface area contributed by atoms with E-state index in [2.05, 4.69) is 25.5 Å². The molecule has 11 heteroatoms. The normalized spacial score (nSPS) is 17.8. The number of thioether (sulfide) groups is 1. The van der Waals surface area contributed by atoms with Gasteiger partial charge in [0, 0.05) is 30.7 Å². The van der Waals surface area contributed by atoms with E-state index in [9.17, 15) is 9.18 Å². The lowest BCUT2D eigenvalue weighted by molar-refractivity contribution is -0.117. The summed E-state index contributed by atoms with van der Waals surface area (Å²) in [6, 6.07) is 0. The summed E-state index contributed by atoms with van der Waals surface area (Å²) < 4.78 is 30.4. The van der Waals surface area contributed by atoms with Gasteiger partial charge in [-0.3, -0.25) is 14.9 Å². The fourth-order valence-corrected chi connectivity index (χ4v) is 4.51. The topological polar surface area (TPSA) is 91.2 Å². The third-order valence-corrected chi connectivity index (χ3v) is 6.53. The molecule has 0 aliphatic heterocycles. The number of carbonyl (C=O) groups is 1. The average molecular weight is 458 g/mol. The molecule has 1 aromatic carbocycles. The van der Waals surface area contributed by atoms with Crippen molar-refractivity contribution in [2.45, 2.75) is 24.4 Å². The van der Waals surface area contributed by atoms with E-state index in [1.54, 1.807) is 29.2 Å². The number of aromatic nitrogens is 5. The molecule has 0 unspecified atom stereocenters. The molecule has 5 rings (SSSR count). The lowest BCUT2D eigenvalue weighted by atomic mass is 10.0. The Labute approximate surface area is 186 Å². The van der Waals surface area contributed by atoms with Crippen LogP contribution in [0.5, 0.6) is 0 Å². The van der Waals surface area contributed by atoms with Crippen LogP contribution >= 0.6 is 11.8 Å². The molecule has 0 bridgehead atoms. The standard InChI is InChI=1S/C21H21F2N7OS/c1-4-29(2)19-17(23)20(32-3)16(11-6-25-28-18(11)19)13-8-30-9-14(26-15(30)7-24-13)27-21(31)10-5-12(10)22/h6-10,12H,4-5H2,1-3H3,(H,25,28)(H,27,31)/t10-,12+/m1/s1. The van der Waals surface area contributed by atoms with Gasteiger partial charge < -0.3 is 14.6 Å². The molecular formula is C21H21F2N7OS. The highest BCUT2D eigenvalue weighted by molar-refractivity contribution is 7.98. The number of rotatable bonds is 6. The zero-order valence-electron chi connectivity index (χ0n) is 17.7. The van der Waals surface area contributed by atoms with Crippen LogP contribution in [0.2, 0.25) is 0 Å². The first-order valence-electron chi connectivity index (χ1n) is 10.2. The summed E-state index contributed by atoms with van der Waals surface area (Å²) >= 11 is 1.31. The minimum atomic E-state index is -1.08. The van der Waals surface area contributed by atoms with Crippen LogP contribution in [0.1, 0.15) is 13.3 Å². The lowest BCUT2D eigenvalue weighted by Gasteiger charge is -2.21. The number of H-pyrrole nitrogens is 1. The first kappa shape index (κ1) is 20.7. The van der Waals surface area contributed by atoms with Crippen molar-refractivity contribution in [2.24, 2.45) is 5.92 Å². The summed E-state index contributed by atoms with van der Waals surface area (Å²) in [4.78, 5) is 23.2. The van der Waals surface area contributed by atoms with Crippen molar-refractivity contribution < 1.29 is 13.6 Å². The molecule has 1 amide bonds. The van der Waals surface area contributed by atoms with Gasteiger partial charge in [-0.1, -0.05) is 0 Å². The highest BCUT2D eigenvalue weighted by atomic mass is 32.2. The van der Waals surface area contributed by atoms with Crippen LogP contribution in [0, 0.1) is 11.7 Å². The van der Waals surface area contributed by atoms with Gasteiger partial charge in [0.2, 0.25) is 5.91 Å². The molecule has 166 valence electrons. The van der Waals surface area contributed by atoms with Gasteiger partial charge in [-0.15, -0.1) is 11.8 Å². The molecule has 0 spiro atoms. The SMILES string of the molecule is CCN(C)c1c(F)c(SC)c(-c2cn3cc(NC(=O)[C@@H]4C[C@@H]4F)nc3cn2)c2cn[nH]c12. The molecule has 3 heterocycles. The van der Waals surface area contributed by atoms with Gasteiger partial charge in [-0.05, 0) is 19.6 Å². The number of carbonyl (C=O) groups excluding carboxylic acids is 1. The molecule has 32 heavy (non-hydrogen) atoms. The van der Waals surface area contributed by atoms with E-state index in [1.165, 1.54) is 11.8 Å². The maximum absolute atomic E-state index is 15.6. The molecule has 2 atom stereocenters. The Morgan fingerprint density at radius 2 is 2.19 bits per heavy atom. The van der Waals surface area contributed by atoms with Crippen LogP contribution in [0.25, 0.3) is 27.8 Å². The van der Waals surface area contributed by atoms with Crippen molar-refractivity contribution in [1.29, 1.82) is 0 Å². The molecule has 8 nitrogen and oxygen atoms in total. The van der Waals surface area contributed by atoms with E-state index < -0.39 is 12.1 Å². The molecule has 1 fully saturated rings. The van der Waals surface area contributed by atoms with Crippen LogP contribution in [0.4, 0.5) is 20.3 Å². The van der Waals surface area contributed by atoms with Crippen molar-refractivity contribution in [3.8, 4) is 11.3 Å². The summed E-state index contributed by atoms with van der Waals surface area (Å²) in [7, 11) is 1.83. The number of nitrogens with zero attached hydrogens (tertiary/aromatic N) is 5. The van der Waals surface area contributed by atoms with E-state index in [0.717, 1.165) is 5.39 Å². The third kappa shape index (κ3) is 3.27. The van der Waals surface area contributed by atoms with Crippen LogP contribution in [0.15, 0.2) is 29.7 Å². The van der Waals surface area contributed by atoms with E-state index in [-0.39, 0.29) is 18.1 Å². The number of imidazole rings is 1. The number of hydrogen-bond acceptors (Lipinski definition) is 6. The predicted molar refractivity (Wildman–Crippen MR) is 120 cm³/mol. The molecule has 1 aliphatic rings. The smallest absolute Gasteiger partial charge is 0.231 e. The molecule has 4 aromatic rings. The molecule has 0 saturated heterocycles. The lowest BCUT2D eigenvalue weighted by Crippen LogP contribution is -2.18. The van der Waals surface area contributed by atoms with Crippen molar-refractivity contribution in [3.05, 3.63) is 30.6 Å². The van der Waals surface area contributed by atoms with Gasteiger partial charge in [0.05, 0.1) is 46.3 Å². The maximum Gasteiger partial charge on any atom is 0.231 e. The minimum absolute atomic E-state index is 0.248. The number of amides is 1. The van der Waals surface area contributed by atoms with Gasteiger partial charge in [-0.25, -0.2) is 13.8 Å². The Kier molecular flexibility index (Phi) is 5.00. The fraction of sp³-hybridized carbons (Fsp3) is 0.333. The Balaban J connectivity index is 1.61. The van der Waals surface area contributed by atoms with Crippen molar-refractivity contribution in [1.82, 2.24) is 24.6 Å². The van der Waals surface area contributed by atoms with E-state index in [1.807, 2.05) is 25.1 Å². The van der Waals surface area contributed by atoms with Crippen LogP contribution in [-0.4, -0.2) is 56.5 Å². The Morgan fingerprint density at radius 3 is 2.88 bits per heavy atom. The first-order valence-corrected chi connectivity index (χ1v) is 11.4. The van der Waals surface area contributed by atoms with Crippen molar-refractivity contribution in [3.63, 3.8) is 0 Å². The van der Waals surface area contributed by atoms with E-state index in [4.69, 9.17) is 0 Å². The molecule has 1 saturated carbocycles. The zero-order valence-corrected chi connectivity index (χ0v) is 18.5. The summed E-state index contributed by atoms with van der Waals surface area (Å²) in [6.07, 6.45) is 7.59. The summed E-state index contributed by atoms with van der Waals surface area (Å²) in [5, 5.41) is 10.5. The quantitative estimate of drug-likeness (QED) is 0.427. The van der Waals surface area contributed by atoms with E-state index >= 15 is 4.39 Å². The zero-order chi connectivity index (χ0) is 22.6. The van der Waals surface area contributed by atoms with Crippen molar-refractivity contribution in [2.75, 3.05) is 30.1 Å². The maximum atomic E-state index is 15.6. The molecule has 2 N–H and O–H groups in total. The van der Waals surface area contributed by atoms with Gasteiger partial charge in [0.15, 0.2) is 17.3 Å². The largest absolute Gasteiger partial charge is 0.371 e. The number of aromatic amines is 1. The second kappa shape index (κ2) is 7.73. The number of fused-ring (bicyclic) bond motifs is 2. The fourth-order valence-electron chi connectivity index (χ4n) is 3.81. The van der Waals surface area contributed by atoms with Gasteiger partial charge in [0.25, 0.3) is 0 Å². The second-order valence-corrected chi connectivity index (χ2v) is 8.57. The summed E-state index contributed by atoms with van der Waals surface area (Å²) in [6.45, 7) is 2.59. The van der Waals surface area contributed by atoms with Gasteiger partial charge >= 0.3 is 0 Å². The third-order valence-electron chi connectivity index (χ3n) is 5.74. The molecular weight excluding hydrogens is 436 g/mol. The van der Waals surface area contributed by atoms with Crippen LogP contribution in [-0.2, 0) is 4.79 Å². The van der Waals surface area contributed by atoms with Gasteiger partial charge in [-0.2, -0.15) is 5.10 Å². The van der Waals surface area contributed by atoms with Gasteiger partial charge in [0.1, 0.15) is 6.17 Å². The minimum Gasteiger partial charge on any atom is -0.371 e. The molecule has 1 aliphatic carbocycles. The Bertz CT molecular complexity index is 1350. The number of halogens is 2. The highest BCUT2D eigenvalue weighted by Gasteiger charge is 2.43. The number of hydrogen-bond donors (Lipinski definition) is 2. The molecule has 3 aromatic heterocycles. The predicted octanol–water partition coefficient (Wildman–Crippen LogP) is 3.89. The number of benzene rings is 1. The van der Waals surface area contributed by atoms with Crippen molar-refractivity contribution >= 4 is 45.7 Å². The number of anilines is 2. The van der Waals surface area contributed by atoms with Crippen LogP contribution in [0.3, 0.4) is 0 Å². The number of alkyl halides is 1. The van der Waals surface area contributed by atoms with Crippen LogP contribution < -0.4 is 10.2 Å². The Morgan fingerprint density at radius 1 is 1.41 bits per heavy atom. The summed E-state index contributed by atoms with van der Waals surface area (Å²) in [5.41, 5.74) is 2.75. The monoisotopic (exact) mass is 457 g/mol. The second-order valence-electron chi connectivity index (χ2n) is 7.76. The first-order chi connectivity index (χ1) is 15.4. The number of nitrogens with one attached hydrogen (secondary N) is 2.